The fourth-order valence-corrected chi connectivity index (χ4v) is 3.65. The van der Waals surface area contributed by atoms with Gasteiger partial charge in [-0.1, -0.05) is 12.8 Å². The third-order valence-electron chi connectivity index (χ3n) is 4.89. The van der Waals surface area contributed by atoms with E-state index < -0.39 is 0 Å². The Labute approximate surface area is 116 Å². The van der Waals surface area contributed by atoms with Crippen molar-refractivity contribution in [2.24, 2.45) is 0 Å². The Balaban J connectivity index is 1.73. The summed E-state index contributed by atoms with van der Waals surface area (Å²) in [6.45, 7) is 5.81. The van der Waals surface area contributed by atoms with E-state index in [1.807, 2.05) is 12.4 Å². The zero-order valence-electron chi connectivity index (χ0n) is 11.9. The molecule has 1 aliphatic heterocycles. The van der Waals surface area contributed by atoms with Gasteiger partial charge in [0.05, 0.1) is 0 Å². The van der Waals surface area contributed by atoms with Crippen LogP contribution in [0.5, 0.6) is 0 Å². The number of hydrogen-bond donors (Lipinski definition) is 1. The van der Waals surface area contributed by atoms with Crippen LogP contribution in [0, 0.1) is 0 Å². The summed E-state index contributed by atoms with van der Waals surface area (Å²) < 4.78 is 0. The molecule has 0 radical (unpaired) electrons. The first kappa shape index (κ1) is 13.1. The maximum absolute atomic E-state index is 4.12. The molecule has 3 rings (SSSR count). The fourth-order valence-electron chi connectivity index (χ4n) is 3.65. The van der Waals surface area contributed by atoms with Gasteiger partial charge in [0.25, 0.3) is 0 Å². The molecule has 0 bridgehead atoms. The van der Waals surface area contributed by atoms with Crippen LogP contribution in [0.4, 0.5) is 0 Å². The quantitative estimate of drug-likeness (QED) is 0.885. The van der Waals surface area contributed by atoms with E-state index in [-0.39, 0.29) is 0 Å². The first-order chi connectivity index (χ1) is 9.27. The summed E-state index contributed by atoms with van der Waals surface area (Å²) in [6, 6.07) is 4.96. The van der Waals surface area contributed by atoms with Gasteiger partial charge < -0.3 is 5.32 Å². The molecule has 19 heavy (non-hydrogen) atoms. The van der Waals surface area contributed by atoms with Crippen LogP contribution in [-0.4, -0.2) is 34.6 Å². The van der Waals surface area contributed by atoms with Gasteiger partial charge in [-0.25, -0.2) is 0 Å². The minimum absolute atomic E-state index is 0.401. The van der Waals surface area contributed by atoms with Crippen LogP contribution >= 0.6 is 0 Å². The first-order valence-electron chi connectivity index (χ1n) is 7.65. The van der Waals surface area contributed by atoms with Crippen LogP contribution < -0.4 is 5.32 Å². The van der Waals surface area contributed by atoms with Gasteiger partial charge in [-0.15, -0.1) is 0 Å². The van der Waals surface area contributed by atoms with Crippen LogP contribution in [0.25, 0.3) is 0 Å². The molecule has 1 saturated carbocycles. The molecule has 3 nitrogen and oxygen atoms in total. The standard InChI is InChI=1S/C16H25N3/c1-14-4-11-18-16(7-2-3-8-16)13-19(14)12-15-5-9-17-10-6-15/h5-6,9-10,14,18H,2-4,7-8,11-13H2,1H3. The third kappa shape index (κ3) is 2.98. The lowest BCUT2D eigenvalue weighted by Gasteiger charge is -2.35. The number of hydrogen-bond acceptors (Lipinski definition) is 3. The molecule has 0 aromatic carbocycles. The van der Waals surface area contributed by atoms with Crippen molar-refractivity contribution in [2.45, 2.75) is 57.2 Å². The Morgan fingerprint density at radius 1 is 1.32 bits per heavy atom. The normalized spacial score (nSPS) is 27.5. The molecule has 0 amide bonds. The van der Waals surface area contributed by atoms with E-state index in [2.05, 4.69) is 34.3 Å². The van der Waals surface area contributed by atoms with E-state index in [1.54, 1.807) is 0 Å². The fraction of sp³-hybridized carbons (Fsp3) is 0.688. The SMILES string of the molecule is CC1CCNC2(CCCC2)CN1Cc1ccncc1. The Hall–Kier alpha value is -0.930. The molecular weight excluding hydrogens is 234 g/mol. The third-order valence-corrected chi connectivity index (χ3v) is 4.89. The zero-order chi connectivity index (χ0) is 13.1. The first-order valence-corrected chi connectivity index (χ1v) is 7.65. The van der Waals surface area contributed by atoms with Crippen LogP contribution in [0.2, 0.25) is 0 Å². The Kier molecular flexibility index (Phi) is 3.85. The van der Waals surface area contributed by atoms with E-state index in [4.69, 9.17) is 0 Å². The predicted molar refractivity (Wildman–Crippen MR) is 77.9 cm³/mol. The molecule has 1 atom stereocenters. The van der Waals surface area contributed by atoms with Crippen LogP contribution in [0.15, 0.2) is 24.5 Å². The van der Waals surface area contributed by atoms with Crippen molar-refractivity contribution in [3.63, 3.8) is 0 Å². The molecule has 104 valence electrons. The Morgan fingerprint density at radius 3 is 2.79 bits per heavy atom. The molecule has 1 aromatic heterocycles. The maximum Gasteiger partial charge on any atom is 0.0309 e. The van der Waals surface area contributed by atoms with Crippen molar-refractivity contribution in [3.8, 4) is 0 Å². The number of nitrogens with one attached hydrogen (secondary N) is 1. The second kappa shape index (κ2) is 5.59. The van der Waals surface area contributed by atoms with Gasteiger partial charge in [-0.3, -0.25) is 9.88 Å². The molecule has 2 heterocycles. The van der Waals surface area contributed by atoms with Crippen molar-refractivity contribution in [1.29, 1.82) is 0 Å². The highest BCUT2D eigenvalue weighted by molar-refractivity contribution is 5.10. The smallest absolute Gasteiger partial charge is 0.0309 e. The van der Waals surface area contributed by atoms with Gasteiger partial charge in [-0.05, 0) is 50.4 Å². The Bertz CT molecular complexity index is 398. The second-order valence-corrected chi connectivity index (χ2v) is 6.31. The molecule has 1 aliphatic carbocycles. The minimum Gasteiger partial charge on any atom is -0.310 e. The summed E-state index contributed by atoms with van der Waals surface area (Å²) in [5.41, 5.74) is 1.79. The van der Waals surface area contributed by atoms with Gasteiger partial charge in [0.1, 0.15) is 0 Å². The average Bonchev–Trinajstić information content (AvgIpc) is 2.81. The summed E-state index contributed by atoms with van der Waals surface area (Å²) in [5.74, 6) is 0. The lowest BCUT2D eigenvalue weighted by Crippen LogP contribution is -2.49. The van der Waals surface area contributed by atoms with Crippen LogP contribution in [0.3, 0.4) is 0 Å². The zero-order valence-corrected chi connectivity index (χ0v) is 11.9. The highest BCUT2D eigenvalue weighted by atomic mass is 15.2. The topological polar surface area (TPSA) is 28.2 Å². The van der Waals surface area contributed by atoms with Crippen molar-refractivity contribution in [2.75, 3.05) is 13.1 Å². The molecule has 2 aliphatic rings. The molecule has 1 saturated heterocycles. The molecule has 1 N–H and O–H groups in total. The highest BCUT2D eigenvalue weighted by Crippen LogP contribution is 2.33. The van der Waals surface area contributed by atoms with Crippen molar-refractivity contribution in [1.82, 2.24) is 15.2 Å². The minimum atomic E-state index is 0.401. The number of aromatic nitrogens is 1. The second-order valence-electron chi connectivity index (χ2n) is 6.31. The van der Waals surface area contributed by atoms with E-state index in [0.29, 0.717) is 11.6 Å². The molecule has 1 spiro atoms. The lowest BCUT2D eigenvalue weighted by atomic mass is 9.97. The molecule has 2 fully saturated rings. The van der Waals surface area contributed by atoms with Gasteiger partial charge in [0.15, 0.2) is 0 Å². The average molecular weight is 259 g/mol. The Morgan fingerprint density at radius 2 is 2.05 bits per heavy atom. The van der Waals surface area contributed by atoms with E-state index in [1.165, 1.54) is 50.8 Å². The lowest BCUT2D eigenvalue weighted by molar-refractivity contribution is 0.160. The van der Waals surface area contributed by atoms with E-state index in [0.717, 1.165) is 6.54 Å². The van der Waals surface area contributed by atoms with Crippen molar-refractivity contribution < 1.29 is 0 Å². The predicted octanol–water partition coefficient (Wildman–Crippen LogP) is 2.58. The molecule has 3 heteroatoms. The van der Waals surface area contributed by atoms with Gasteiger partial charge >= 0.3 is 0 Å². The monoisotopic (exact) mass is 259 g/mol. The van der Waals surface area contributed by atoms with E-state index in [9.17, 15) is 0 Å². The molecule has 1 unspecified atom stereocenters. The number of pyridine rings is 1. The number of nitrogens with zero attached hydrogens (tertiary/aromatic N) is 2. The van der Waals surface area contributed by atoms with Gasteiger partial charge in [-0.2, -0.15) is 0 Å². The van der Waals surface area contributed by atoms with Gasteiger partial charge in [0.2, 0.25) is 0 Å². The summed E-state index contributed by atoms with van der Waals surface area (Å²) >= 11 is 0. The molecular formula is C16H25N3. The maximum atomic E-state index is 4.12. The summed E-state index contributed by atoms with van der Waals surface area (Å²) in [6.07, 6.45) is 10.6. The number of rotatable bonds is 2. The largest absolute Gasteiger partial charge is 0.310 e. The van der Waals surface area contributed by atoms with Crippen molar-refractivity contribution in [3.05, 3.63) is 30.1 Å². The van der Waals surface area contributed by atoms with Crippen LogP contribution in [0.1, 0.15) is 44.6 Å². The molecule has 1 aromatic rings. The highest BCUT2D eigenvalue weighted by Gasteiger charge is 2.37. The van der Waals surface area contributed by atoms with Gasteiger partial charge in [0, 0.05) is 37.1 Å². The van der Waals surface area contributed by atoms with Crippen LogP contribution in [-0.2, 0) is 6.54 Å². The van der Waals surface area contributed by atoms with E-state index >= 15 is 0 Å². The summed E-state index contributed by atoms with van der Waals surface area (Å²) in [4.78, 5) is 6.78. The summed E-state index contributed by atoms with van der Waals surface area (Å²) in [7, 11) is 0. The summed E-state index contributed by atoms with van der Waals surface area (Å²) in [5, 5.41) is 3.85. The van der Waals surface area contributed by atoms with Crippen molar-refractivity contribution >= 4 is 0 Å².